The van der Waals surface area contributed by atoms with E-state index in [1.54, 1.807) is 38.1 Å². The number of hydrogen-bond acceptors (Lipinski definition) is 4. The lowest BCUT2D eigenvalue weighted by Gasteiger charge is -2.27. The third kappa shape index (κ3) is 5.26. The molecule has 0 atom stereocenters. The predicted molar refractivity (Wildman–Crippen MR) is 102 cm³/mol. The van der Waals surface area contributed by atoms with Crippen molar-refractivity contribution in [3.8, 4) is 0 Å². The van der Waals surface area contributed by atoms with Gasteiger partial charge >= 0.3 is 0 Å². The summed E-state index contributed by atoms with van der Waals surface area (Å²) in [5.41, 5.74) is -0.355. The molecule has 26 heavy (non-hydrogen) atoms. The normalized spacial score (nSPS) is 12.8. The number of sulfonamides is 2. The summed E-state index contributed by atoms with van der Waals surface area (Å²) < 4.78 is 67.3. The maximum absolute atomic E-state index is 14.3. The van der Waals surface area contributed by atoms with Crippen molar-refractivity contribution in [3.63, 3.8) is 0 Å². The zero-order valence-electron chi connectivity index (χ0n) is 14.2. The average molecular weight is 465 g/mol. The fourth-order valence-corrected chi connectivity index (χ4v) is 4.59. The van der Waals surface area contributed by atoms with Crippen molar-refractivity contribution in [1.29, 1.82) is 0 Å². The number of nitrogens with one attached hydrogen (secondary N) is 2. The van der Waals surface area contributed by atoms with E-state index in [2.05, 4.69) is 25.4 Å². The molecule has 0 bridgehead atoms. The van der Waals surface area contributed by atoms with Gasteiger partial charge in [-0.1, -0.05) is 28.1 Å². The third-order valence-corrected chi connectivity index (χ3v) is 6.30. The lowest BCUT2D eigenvalue weighted by molar-refractivity contribution is 0.468. The van der Waals surface area contributed by atoms with Gasteiger partial charge in [0.05, 0.1) is 17.5 Å². The minimum absolute atomic E-state index is 0.0591. The molecule has 0 unspecified atom stereocenters. The van der Waals surface area contributed by atoms with Gasteiger partial charge in [-0.25, -0.2) is 25.9 Å². The quantitative estimate of drug-likeness (QED) is 0.686. The summed E-state index contributed by atoms with van der Waals surface area (Å²) in [6.45, 7) is 3.32. The molecule has 0 saturated heterocycles. The topological polar surface area (TPSA) is 92.3 Å². The summed E-state index contributed by atoms with van der Waals surface area (Å²) in [7, 11) is -7.78. The van der Waals surface area contributed by atoms with Crippen molar-refractivity contribution in [3.05, 3.63) is 58.3 Å². The molecule has 10 heteroatoms. The van der Waals surface area contributed by atoms with Gasteiger partial charge in [0, 0.05) is 4.47 Å². The van der Waals surface area contributed by atoms with Crippen molar-refractivity contribution < 1.29 is 21.2 Å². The molecule has 0 aliphatic carbocycles. The Morgan fingerprint density at radius 1 is 1.00 bits per heavy atom. The van der Waals surface area contributed by atoms with Gasteiger partial charge in [-0.3, -0.25) is 4.72 Å². The van der Waals surface area contributed by atoms with Gasteiger partial charge in [-0.2, -0.15) is 0 Å². The first kappa shape index (κ1) is 20.8. The molecular weight excluding hydrogens is 447 g/mol. The molecule has 0 radical (unpaired) electrons. The number of hydrogen-bond donors (Lipinski definition) is 2. The van der Waals surface area contributed by atoms with Gasteiger partial charge in [0.15, 0.2) is 0 Å². The molecule has 2 rings (SSSR count). The third-order valence-electron chi connectivity index (χ3n) is 3.48. The fourth-order valence-electron chi connectivity index (χ4n) is 2.31. The van der Waals surface area contributed by atoms with Gasteiger partial charge in [0.2, 0.25) is 20.0 Å². The molecule has 0 fully saturated rings. The van der Waals surface area contributed by atoms with Crippen LogP contribution in [0.4, 0.5) is 10.1 Å². The van der Waals surface area contributed by atoms with E-state index < -0.39 is 36.3 Å². The van der Waals surface area contributed by atoms with Crippen molar-refractivity contribution in [2.24, 2.45) is 0 Å². The smallest absolute Gasteiger partial charge is 0.244 e. The highest BCUT2D eigenvalue weighted by atomic mass is 79.9. The number of rotatable bonds is 6. The van der Waals surface area contributed by atoms with Crippen molar-refractivity contribution in [2.75, 3.05) is 11.0 Å². The molecule has 0 aromatic heterocycles. The van der Waals surface area contributed by atoms with Crippen LogP contribution in [0.1, 0.15) is 19.4 Å². The number of halogens is 2. The van der Waals surface area contributed by atoms with E-state index in [0.717, 1.165) is 22.9 Å². The van der Waals surface area contributed by atoms with Crippen LogP contribution in [0.2, 0.25) is 0 Å². The minimum atomic E-state index is -4.18. The molecule has 0 heterocycles. The standard InChI is InChI=1S/C16H18BrFN2O4S2/c1-16(2,11-4-6-12(17)7-5-11)20-26(23,24)15-9-8-13(10-14(15)18)19-25(3,21)22/h4-10,19-20H,1-3H3. The van der Waals surface area contributed by atoms with Crippen molar-refractivity contribution >= 4 is 41.7 Å². The largest absolute Gasteiger partial charge is 0.284 e. The molecule has 2 N–H and O–H groups in total. The van der Waals surface area contributed by atoms with Crippen LogP contribution in [0.15, 0.2) is 51.8 Å². The van der Waals surface area contributed by atoms with Crippen molar-refractivity contribution in [2.45, 2.75) is 24.3 Å². The van der Waals surface area contributed by atoms with Crippen LogP contribution in [0.5, 0.6) is 0 Å². The van der Waals surface area contributed by atoms with E-state index in [-0.39, 0.29) is 5.69 Å². The van der Waals surface area contributed by atoms with E-state index >= 15 is 0 Å². The molecule has 2 aromatic rings. The number of benzene rings is 2. The second-order valence-corrected chi connectivity index (χ2v) is 10.6. The molecule has 142 valence electrons. The Balaban J connectivity index is 2.33. The average Bonchev–Trinajstić information content (AvgIpc) is 2.44. The first-order chi connectivity index (χ1) is 11.8. The Morgan fingerprint density at radius 3 is 2.08 bits per heavy atom. The molecule has 6 nitrogen and oxygen atoms in total. The maximum atomic E-state index is 14.3. The Kier molecular flexibility index (Phi) is 5.81. The highest BCUT2D eigenvalue weighted by molar-refractivity contribution is 9.10. The van der Waals surface area contributed by atoms with Crippen LogP contribution in [-0.4, -0.2) is 23.1 Å². The molecular formula is C16H18BrFN2O4S2. The predicted octanol–water partition coefficient (Wildman–Crippen LogP) is 3.17. The summed E-state index contributed by atoms with van der Waals surface area (Å²) in [6, 6.07) is 10.1. The molecule has 2 aromatic carbocycles. The van der Waals surface area contributed by atoms with Gasteiger partial charge in [-0.15, -0.1) is 0 Å². The first-order valence-corrected chi connectivity index (χ1v) is 11.5. The van der Waals surface area contributed by atoms with E-state index in [1.807, 2.05) is 0 Å². The highest BCUT2D eigenvalue weighted by Gasteiger charge is 2.30. The summed E-state index contributed by atoms with van der Waals surface area (Å²) in [5, 5.41) is 0. The van der Waals surface area contributed by atoms with Crippen LogP contribution in [0, 0.1) is 5.82 Å². The molecule has 0 aliphatic rings. The minimum Gasteiger partial charge on any atom is -0.284 e. The van der Waals surface area contributed by atoms with Crippen LogP contribution in [-0.2, 0) is 25.6 Å². The lowest BCUT2D eigenvalue weighted by atomic mass is 9.96. The van der Waals surface area contributed by atoms with Crippen LogP contribution in [0.3, 0.4) is 0 Å². The summed E-state index contributed by atoms with van der Waals surface area (Å²) in [4.78, 5) is -0.568. The Morgan fingerprint density at radius 2 is 1.58 bits per heavy atom. The second-order valence-electron chi connectivity index (χ2n) is 6.26. The zero-order chi connectivity index (χ0) is 19.8. The van der Waals surface area contributed by atoms with Crippen LogP contribution >= 0.6 is 15.9 Å². The lowest BCUT2D eigenvalue weighted by Crippen LogP contribution is -2.41. The van der Waals surface area contributed by atoms with E-state index in [4.69, 9.17) is 0 Å². The monoisotopic (exact) mass is 464 g/mol. The Labute approximate surface area is 161 Å². The highest BCUT2D eigenvalue weighted by Crippen LogP contribution is 2.26. The van der Waals surface area contributed by atoms with Gasteiger partial charge in [0.1, 0.15) is 10.7 Å². The molecule has 0 aliphatic heterocycles. The number of anilines is 1. The van der Waals surface area contributed by atoms with Gasteiger partial charge < -0.3 is 0 Å². The fraction of sp³-hybridized carbons (Fsp3) is 0.250. The van der Waals surface area contributed by atoms with E-state index in [1.165, 1.54) is 6.07 Å². The Hall–Kier alpha value is -1.49. The second kappa shape index (κ2) is 7.26. The SMILES string of the molecule is CC(C)(NS(=O)(=O)c1ccc(NS(C)(=O)=O)cc1F)c1ccc(Br)cc1. The molecule has 0 saturated carbocycles. The summed E-state index contributed by atoms with van der Waals surface area (Å²) in [5.74, 6) is -1.06. The van der Waals surface area contributed by atoms with Crippen molar-refractivity contribution in [1.82, 2.24) is 4.72 Å². The van der Waals surface area contributed by atoms with Gasteiger partial charge in [0.25, 0.3) is 0 Å². The van der Waals surface area contributed by atoms with Crippen LogP contribution < -0.4 is 9.44 Å². The zero-order valence-corrected chi connectivity index (χ0v) is 17.5. The van der Waals surface area contributed by atoms with E-state index in [9.17, 15) is 21.2 Å². The Bertz CT molecular complexity index is 1020. The maximum Gasteiger partial charge on any atom is 0.244 e. The first-order valence-electron chi connectivity index (χ1n) is 7.37. The molecule has 0 amide bonds. The summed E-state index contributed by atoms with van der Waals surface area (Å²) in [6.07, 6.45) is 0.915. The van der Waals surface area contributed by atoms with E-state index in [0.29, 0.717) is 5.56 Å². The van der Waals surface area contributed by atoms with Gasteiger partial charge in [-0.05, 0) is 49.7 Å². The van der Waals surface area contributed by atoms with Crippen LogP contribution in [0.25, 0.3) is 0 Å². The molecule has 0 spiro atoms. The summed E-state index contributed by atoms with van der Waals surface area (Å²) >= 11 is 3.31.